The first kappa shape index (κ1) is 12.3. The molecule has 0 bridgehead atoms. The van der Waals surface area contributed by atoms with Gasteiger partial charge in [-0.05, 0) is 24.3 Å². The van der Waals surface area contributed by atoms with Gasteiger partial charge in [0.2, 0.25) is 0 Å². The lowest BCUT2D eigenvalue weighted by Gasteiger charge is -2.09. The fourth-order valence-corrected chi connectivity index (χ4v) is 2.02. The molecule has 1 aliphatic rings. The third-order valence-electron chi connectivity index (χ3n) is 3.05. The van der Waals surface area contributed by atoms with Crippen molar-refractivity contribution in [1.82, 2.24) is 4.98 Å². The van der Waals surface area contributed by atoms with Gasteiger partial charge in [-0.2, -0.15) is 5.26 Å². The Morgan fingerprint density at radius 2 is 1.95 bits per heavy atom. The number of hydrogen-bond acceptors (Lipinski definition) is 5. The van der Waals surface area contributed by atoms with E-state index in [-0.39, 0.29) is 11.3 Å². The molecule has 2 aromatic rings. The summed E-state index contributed by atoms with van der Waals surface area (Å²) in [6.45, 7) is 1.26. The van der Waals surface area contributed by atoms with Crippen molar-refractivity contribution < 1.29 is 14.6 Å². The highest BCUT2D eigenvalue weighted by atomic mass is 16.5. The van der Waals surface area contributed by atoms with E-state index in [0.29, 0.717) is 30.4 Å². The number of ether oxygens (including phenoxy) is 2. The van der Waals surface area contributed by atoms with Gasteiger partial charge in [0.25, 0.3) is 0 Å². The Hall–Kier alpha value is -2.74. The number of hydrogen-bond donors (Lipinski definition) is 1. The van der Waals surface area contributed by atoms with Crippen LogP contribution in [0, 0.1) is 11.3 Å². The van der Waals surface area contributed by atoms with Crippen LogP contribution >= 0.6 is 0 Å². The van der Waals surface area contributed by atoms with Crippen molar-refractivity contribution >= 4 is 0 Å². The SMILES string of the molecule is N#Cc1cc(-c2ccc3c(c2)OCCCO3)ncc1O. The van der Waals surface area contributed by atoms with E-state index in [0.717, 1.165) is 12.0 Å². The summed E-state index contributed by atoms with van der Waals surface area (Å²) in [4.78, 5) is 4.13. The molecule has 20 heavy (non-hydrogen) atoms. The molecule has 0 unspecified atom stereocenters. The summed E-state index contributed by atoms with van der Waals surface area (Å²) in [5.41, 5.74) is 1.61. The smallest absolute Gasteiger partial charge is 0.161 e. The summed E-state index contributed by atoms with van der Waals surface area (Å²) in [5, 5.41) is 18.4. The summed E-state index contributed by atoms with van der Waals surface area (Å²) >= 11 is 0. The van der Waals surface area contributed by atoms with Crippen molar-refractivity contribution in [2.75, 3.05) is 13.2 Å². The fourth-order valence-electron chi connectivity index (χ4n) is 2.02. The lowest BCUT2D eigenvalue weighted by Crippen LogP contribution is -1.97. The highest BCUT2D eigenvalue weighted by Gasteiger charge is 2.13. The van der Waals surface area contributed by atoms with Gasteiger partial charge in [0.1, 0.15) is 6.07 Å². The van der Waals surface area contributed by atoms with Gasteiger partial charge < -0.3 is 14.6 Å². The normalized spacial score (nSPS) is 13.3. The van der Waals surface area contributed by atoms with Crippen molar-refractivity contribution in [3.8, 4) is 34.6 Å². The molecule has 1 aliphatic heterocycles. The predicted octanol–water partition coefficient (Wildman–Crippen LogP) is 2.49. The molecule has 5 heteroatoms. The van der Waals surface area contributed by atoms with E-state index in [1.165, 1.54) is 6.20 Å². The first-order chi connectivity index (χ1) is 9.78. The standard InChI is InChI=1S/C15H12N2O3/c16-8-11-6-12(17-9-13(11)18)10-2-3-14-15(7-10)20-5-1-4-19-14/h2-3,6-7,9,18H,1,4-5H2. The van der Waals surface area contributed by atoms with Crippen molar-refractivity contribution in [2.45, 2.75) is 6.42 Å². The molecule has 100 valence electrons. The van der Waals surface area contributed by atoms with Crippen LogP contribution in [0.25, 0.3) is 11.3 Å². The van der Waals surface area contributed by atoms with Gasteiger partial charge in [-0.3, -0.25) is 4.98 Å². The van der Waals surface area contributed by atoms with E-state index in [1.807, 2.05) is 24.3 Å². The molecule has 5 nitrogen and oxygen atoms in total. The molecule has 0 amide bonds. The largest absolute Gasteiger partial charge is 0.505 e. The van der Waals surface area contributed by atoms with Crippen LogP contribution in [0.5, 0.6) is 17.2 Å². The summed E-state index contributed by atoms with van der Waals surface area (Å²) in [6, 6.07) is 9.00. The zero-order valence-electron chi connectivity index (χ0n) is 10.7. The van der Waals surface area contributed by atoms with E-state index in [9.17, 15) is 5.11 Å². The molecule has 0 saturated heterocycles. The number of pyridine rings is 1. The van der Waals surface area contributed by atoms with Crippen LogP contribution < -0.4 is 9.47 Å². The van der Waals surface area contributed by atoms with Gasteiger partial charge in [0.15, 0.2) is 17.2 Å². The van der Waals surface area contributed by atoms with Crippen LogP contribution in [0.3, 0.4) is 0 Å². The van der Waals surface area contributed by atoms with Crippen LogP contribution in [0.4, 0.5) is 0 Å². The Labute approximate surface area is 116 Å². The Morgan fingerprint density at radius 1 is 1.15 bits per heavy atom. The quantitative estimate of drug-likeness (QED) is 0.860. The zero-order chi connectivity index (χ0) is 13.9. The highest BCUT2D eigenvalue weighted by molar-refractivity contribution is 5.66. The molecule has 0 radical (unpaired) electrons. The summed E-state index contributed by atoms with van der Waals surface area (Å²) < 4.78 is 11.2. The number of aromatic hydroxyl groups is 1. The minimum absolute atomic E-state index is 0.120. The third kappa shape index (κ3) is 2.24. The number of benzene rings is 1. The second-order valence-electron chi connectivity index (χ2n) is 4.41. The molecule has 1 N–H and O–H groups in total. The molecular formula is C15H12N2O3. The van der Waals surface area contributed by atoms with E-state index in [4.69, 9.17) is 14.7 Å². The molecule has 3 rings (SSSR count). The van der Waals surface area contributed by atoms with E-state index in [1.54, 1.807) is 6.07 Å². The topological polar surface area (TPSA) is 75.4 Å². The summed E-state index contributed by atoms with van der Waals surface area (Å²) in [6.07, 6.45) is 2.12. The Balaban J connectivity index is 2.03. The number of rotatable bonds is 1. The molecule has 2 heterocycles. The number of aromatic nitrogens is 1. The van der Waals surface area contributed by atoms with Crippen LogP contribution in [0.2, 0.25) is 0 Å². The van der Waals surface area contributed by atoms with Crippen molar-refractivity contribution in [2.24, 2.45) is 0 Å². The van der Waals surface area contributed by atoms with Gasteiger partial charge in [0, 0.05) is 12.0 Å². The molecule has 1 aromatic heterocycles. The molecule has 0 fully saturated rings. The maximum Gasteiger partial charge on any atom is 0.161 e. The van der Waals surface area contributed by atoms with Crippen LogP contribution in [-0.4, -0.2) is 23.3 Å². The molecule has 0 atom stereocenters. The van der Waals surface area contributed by atoms with Crippen LogP contribution in [-0.2, 0) is 0 Å². The lowest BCUT2D eigenvalue weighted by atomic mass is 10.1. The lowest BCUT2D eigenvalue weighted by molar-refractivity contribution is 0.297. The second kappa shape index (κ2) is 5.10. The zero-order valence-corrected chi connectivity index (χ0v) is 10.7. The fraction of sp³-hybridized carbons (Fsp3) is 0.200. The molecule has 0 saturated carbocycles. The van der Waals surface area contributed by atoms with Crippen molar-refractivity contribution in [1.29, 1.82) is 5.26 Å². The molecule has 0 aliphatic carbocycles. The first-order valence-corrected chi connectivity index (χ1v) is 6.27. The van der Waals surface area contributed by atoms with Crippen molar-refractivity contribution in [3.05, 3.63) is 36.0 Å². The molecule has 1 aromatic carbocycles. The Morgan fingerprint density at radius 3 is 2.75 bits per heavy atom. The van der Waals surface area contributed by atoms with Gasteiger partial charge in [-0.15, -0.1) is 0 Å². The highest BCUT2D eigenvalue weighted by Crippen LogP contribution is 2.34. The van der Waals surface area contributed by atoms with Gasteiger partial charge >= 0.3 is 0 Å². The third-order valence-corrected chi connectivity index (χ3v) is 3.05. The molecular weight excluding hydrogens is 256 g/mol. The Kier molecular flexibility index (Phi) is 3.13. The number of fused-ring (bicyclic) bond motifs is 1. The minimum Gasteiger partial charge on any atom is -0.505 e. The average molecular weight is 268 g/mol. The summed E-state index contributed by atoms with van der Waals surface area (Å²) in [5.74, 6) is 1.27. The predicted molar refractivity (Wildman–Crippen MR) is 71.7 cm³/mol. The van der Waals surface area contributed by atoms with E-state index < -0.39 is 0 Å². The maximum absolute atomic E-state index is 9.48. The number of nitrogens with zero attached hydrogens (tertiary/aromatic N) is 2. The molecule has 0 spiro atoms. The number of nitriles is 1. The van der Waals surface area contributed by atoms with Gasteiger partial charge in [-0.1, -0.05) is 0 Å². The maximum atomic E-state index is 9.48. The first-order valence-electron chi connectivity index (χ1n) is 6.27. The van der Waals surface area contributed by atoms with E-state index >= 15 is 0 Å². The van der Waals surface area contributed by atoms with Gasteiger partial charge in [-0.25, -0.2) is 0 Å². The summed E-state index contributed by atoms with van der Waals surface area (Å²) in [7, 11) is 0. The van der Waals surface area contributed by atoms with E-state index in [2.05, 4.69) is 4.98 Å². The van der Waals surface area contributed by atoms with Crippen molar-refractivity contribution in [3.63, 3.8) is 0 Å². The van der Waals surface area contributed by atoms with Gasteiger partial charge in [0.05, 0.1) is 30.7 Å². The van der Waals surface area contributed by atoms with Crippen LogP contribution in [0.1, 0.15) is 12.0 Å². The second-order valence-corrected chi connectivity index (χ2v) is 4.41. The van der Waals surface area contributed by atoms with Crippen LogP contribution in [0.15, 0.2) is 30.5 Å². The monoisotopic (exact) mass is 268 g/mol. The average Bonchev–Trinajstić information content (AvgIpc) is 2.72. The minimum atomic E-state index is -0.120. The Bertz CT molecular complexity index is 692.